The van der Waals surface area contributed by atoms with E-state index in [2.05, 4.69) is 10.0 Å². The Balaban J connectivity index is 0.00000274. The molecule has 33 heavy (non-hydrogen) atoms. The van der Waals surface area contributed by atoms with Gasteiger partial charge in [-0.05, 0) is 85.5 Å². The number of sulfonamides is 1. The quantitative estimate of drug-likeness (QED) is 0.568. The summed E-state index contributed by atoms with van der Waals surface area (Å²) in [6, 6.07) is 18.1. The molecule has 2 aliphatic rings. The number of anilines is 1. The zero-order chi connectivity index (χ0) is 23.2. The van der Waals surface area contributed by atoms with Crippen molar-refractivity contribution >= 4 is 21.6 Å². The fraction of sp³-hybridized carbons (Fsp3) is 0.240. The molecule has 8 heteroatoms. The Bertz CT molecular complexity index is 1350. The van der Waals surface area contributed by atoms with Crippen molar-refractivity contribution in [3.05, 3.63) is 71.8 Å². The second-order valence-corrected chi connectivity index (χ2v) is 10.3. The van der Waals surface area contributed by atoms with Crippen LogP contribution in [0.15, 0.2) is 65.6 Å². The Hall–Kier alpha value is -3.36. The number of fused-ring (bicyclic) bond motifs is 1. The highest BCUT2D eigenvalue weighted by atomic mass is 32.2. The average Bonchev–Trinajstić information content (AvgIpc) is 3.51. The number of carbonyl (C=O) groups is 1. The predicted octanol–water partition coefficient (Wildman–Crippen LogP) is 4.22. The summed E-state index contributed by atoms with van der Waals surface area (Å²) in [6.07, 6.45) is 1.55. The number of carbonyl (C=O) groups excluding carboxylic acids is 1. The van der Waals surface area contributed by atoms with Crippen LogP contribution in [0.25, 0.3) is 11.1 Å². The molecule has 0 bridgehead atoms. The molecule has 0 radical (unpaired) electrons. The van der Waals surface area contributed by atoms with Crippen LogP contribution in [0.3, 0.4) is 0 Å². The molecule has 1 saturated carbocycles. The van der Waals surface area contributed by atoms with Gasteiger partial charge in [0.05, 0.1) is 10.3 Å². The summed E-state index contributed by atoms with van der Waals surface area (Å²) in [5.74, 6) is 1.33. The van der Waals surface area contributed by atoms with Crippen LogP contribution in [-0.2, 0) is 20.2 Å². The lowest BCUT2D eigenvalue weighted by atomic mass is 9.94. The number of ether oxygens (including phenoxy) is 2. The van der Waals surface area contributed by atoms with Gasteiger partial charge in [0.15, 0.2) is 11.5 Å². The molecular weight excluding hydrogens is 440 g/mol. The predicted molar refractivity (Wildman–Crippen MR) is 127 cm³/mol. The van der Waals surface area contributed by atoms with E-state index in [1.807, 2.05) is 43.3 Å². The molecule has 172 valence electrons. The smallest absolute Gasteiger partial charge is 0.240 e. The first-order valence-electron chi connectivity index (χ1n) is 10.7. The Kier molecular flexibility index (Phi) is 5.14. The zero-order valence-electron chi connectivity index (χ0n) is 18.3. The SMILES string of the molecule is CNS(=O)(=O)c1ccc(-c2cc(NC(=O)C3(c4ccc5c(c4)OCO5)CC3)ccc2C)cc1.[HH]. The molecule has 1 aliphatic heterocycles. The van der Waals surface area contributed by atoms with Gasteiger partial charge in [-0.1, -0.05) is 24.3 Å². The molecule has 1 amide bonds. The van der Waals surface area contributed by atoms with Crippen LogP contribution in [0.4, 0.5) is 5.69 Å². The number of nitrogens with one attached hydrogen (secondary N) is 2. The van der Waals surface area contributed by atoms with E-state index in [0.717, 1.165) is 35.1 Å². The van der Waals surface area contributed by atoms with Gasteiger partial charge < -0.3 is 14.8 Å². The van der Waals surface area contributed by atoms with Gasteiger partial charge in [-0.25, -0.2) is 13.1 Å². The van der Waals surface area contributed by atoms with Crippen molar-refractivity contribution in [1.82, 2.24) is 4.72 Å². The summed E-state index contributed by atoms with van der Waals surface area (Å²) in [6.45, 7) is 2.18. The highest BCUT2D eigenvalue weighted by Crippen LogP contribution is 2.51. The fourth-order valence-electron chi connectivity index (χ4n) is 4.16. The van der Waals surface area contributed by atoms with Crippen LogP contribution in [0.5, 0.6) is 11.5 Å². The molecule has 0 atom stereocenters. The molecule has 5 rings (SSSR count). The van der Waals surface area contributed by atoms with Crippen molar-refractivity contribution < 1.29 is 24.1 Å². The van der Waals surface area contributed by atoms with Gasteiger partial charge in [0, 0.05) is 7.11 Å². The first kappa shape index (κ1) is 21.5. The molecular formula is C25H26N2O5S. The Morgan fingerprint density at radius 3 is 2.39 bits per heavy atom. The van der Waals surface area contributed by atoms with Gasteiger partial charge in [0.25, 0.3) is 0 Å². The summed E-state index contributed by atoms with van der Waals surface area (Å²) < 4.78 is 37.2. The normalized spacial score (nSPS) is 15.8. The van der Waals surface area contributed by atoms with E-state index in [1.54, 1.807) is 24.3 Å². The van der Waals surface area contributed by atoms with Crippen LogP contribution in [0.1, 0.15) is 25.4 Å². The molecule has 0 aromatic heterocycles. The van der Waals surface area contributed by atoms with E-state index in [-0.39, 0.29) is 19.0 Å². The second kappa shape index (κ2) is 7.90. The third kappa shape index (κ3) is 3.85. The lowest BCUT2D eigenvalue weighted by molar-refractivity contribution is -0.118. The maximum atomic E-state index is 13.3. The van der Waals surface area contributed by atoms with Gasteiger partial charge in [-0.2, -0.15) is 0 Å². The number of hydrogen-bond acceptors (Lipinski definition) is 5. The minimum absolute atomic E-state index is 0. The molecule has 1 aliphatic carbocycles. The minimum Gasteiger partial charge on any atom is -0.454 e. The number of aryl methyl sites for hydroxylation is 1. The minimum atomic E-state index is -3.49. The van der Waals surface area contributed by atoms with Crippen molar-refractivity contribution in [2.75, 3.05) is 19.2 Å². The number of rotatable bonds is 6. The molecule has 2 N–H and O–H groups in total. The van der Waals surface area contributed by atoms with E-state index in [1.165, 1.54) is 7.05 Å². The summed E-state index contributed by atoms with van der Waals surface area (Å²) >= 11 is 0. The van der Waals surface area contributed by atoms with Gasteiger partial charge in [-0.15, -0.1) is 0 Å². The molecule has 0 unspecified atom stereocenters. The molecule has 3 aromatic rings. The number of hydrogen-bond donors (Lipinski definition) is 2. The summed E-state index contributed by atoms with van der Waals surface area (Å²) in [4.78, 5) is 13.5. The van der Waals surface area contributed by atoms with Crippen molar-refractivity contribution in [3.63, 3.8) is 0 Å². The van der Waals surface area contributed by atoms with E-state index < -0.39 is 15.4 Å². The Morgan fingerprint density at radius 2 is 1.70 bits per heavy atom. The van der Waals surface area contributed by atoms with Crippen LogP contribution in [-0.4, -0.2) is 28.2 Å². The van der Waals surface area contributed by atoms with Crippen molar-refractivity contribution in [3.8, 4) is 22.6 Å². The van der Waals surface area contributed by atoms with Crippen LogP contribution < -0.4 is 19.5 Å². The third-order valence-corrected chi connectivity index (χ3v) is 7.78. The highest BCUT2D eigenvalue weighted by Gasteiger charge is 2.51. The zero-order valence-corrected chi connectivity index (χ0v) is 19.2. The third-order valence-electron chi connectivity index (χ3n) is 6.35. The van der Waals surface area contributed by atoms with Gasteiger partial charge in [-0.3, -0.25) is 4.79 Å². The van der Waals surface area contributed by atoms with Gasteiger partial charge >= 0.3 is 0 Å². The van der Waals surface area contributed by atoms with E-state index in [0.29, 0.717) is 17.2 Å². The van der Waals surface area contributed by atoms with Gasteiger partial charge in [0.2, 0.25) is 22.7 Å². The molecule has 3 aromatic carbocycles. The first-order chi connectivity index (χ1) is 15.8. The van der Waals surface area contributed by atoms with Gasteiger partial charge in [0.1, 0.15) is 0 Å². The van der Waals surface area contributed by atoms with Crippen molar-refractivity contribution in [2.24, 2.45) is 0 Å². The van der Waals surface area contributed by atoms with E-state index >= 15 is 0 Å². The van der Waals surface area contributed by atoms with Crippen LogP contribution in [0, 0.1) is 6.92 Å². The van der Waals surface area contributed by atoms with Crippen LogP contribution in [0.2, 0.25) is 0 Å². The Labute approximate surface area is 194 Å². The van der Waals surface area contributed by atoms with Crippen molar-refractivity contribution in [2.45, 2.75) is 30.1 Å². The standard InChI is InChI=1S/C25H24N2O5S.H2/c1-16-3-7-19(14-21(16)17-4-8-20(9-5-17)33(29,30)26-2)27-24(28)25(11-12-25)18-6-10-22-23(13-18)32-15-31-22;/h3-10,13-14,26H,11-12,15H2,1-2H3,(H,27,28);1H. The largest absolute Gasteiger partial charge is 0.454 e. The van der Waals surface area contributed by atoms with E-state index in [4.69, 9.17) is 9.47 Å². The highest BCUT2D eigenvalue weighted by molar-refractivity contribution is 7.89. The maximum Gasteiger partial charge on any atom is 0.240 e. The molecule has 1 heterocycles. The second-order valence-electron chi connectivity index (χ2n) is 8.37. The topological polar surface area (TPSA) is 93.7 Å². The lowest BCUT2D eigenvalue weighted by Crippen LogP contribution is -2.27. The summed E-state index contributed by atoms with van der Waals surface area (Å²) in [7, 11) is -2.11. The number of amides is 1. The monoisotopic (exact) mass is 466 g/mol. The first-order valence-corrected chi connectivity index (χ1v) is 12.2. The van der Waals surface area contributed by atoms with Crippen LogP contribution >= 0.6 is 0 Å². The fourth-order valence-corrected chi connectivity index (χ4v) is 4.89. The van der Waals surface area contributed by atoms with E-state index in [9.17, 15) is 13.2 Å². The molecule has 0 saturated heterocycles. The summed E-state index contributed by atoms with van der Waals surface area (Å²) in [5.41, 5.74) is 3.88. The average molecular weight is 467 g/mol. The maximum absolute atomic E-state index is 13.3. The number of benzene rings is 3. The molecule has 7 nitrogen and oxygen atoms in total. The summed E-state index contributed by atoms with van der Waals surface area (Å²) in [5, 5.41) is 3.08. The lowest BCUT2D eigenvalue weighted by Gasteiger charge is -2.17. The Morgan fingerprint density at radius 1 is 0.970 bits per heavy atom. The van der Waals surface area contributed by atoms with Crippen molar-refractivity contribution in [1.29, 1.82) is 0 Å². The molecule has 0 spiro atoms. The molecule has 1 fully saturated rings.